The van der Waals surface area contributed by atoms with Crippen molar-refractivity contribution in [2.45, 2.75) is 27.4 Å². The van der Waals surface area contributed by atoms with Crippen molar-refractivity contribution in [2.24, 2.45) is 0 Å². The van der Waals surface area contributed by atoms with Crippen LogP contribution in [0, 0.1) is 20.8 Å². The molecule has 0 fully saturated rings. The zero-order chi connectivity index (χ0) is 14.8. The van der Waals surface area contributed by atoms with Gasteiger partial charge >= 0.3 is 0 Å². The summed E-state index contributed by atoms with van der Waals surface area (Å²) in [6.07, 6.45) is 0. The predicted molar refractivity (Wildman–Crippen MR) is 79.0 cm³/mol. The van der Waals surface area contributed by atoms with Gasteiger partial charge in [-0.2, -0.15) is 0 Å². The smallest absolute Gasteiger partial charge is 0.0723 e. The SMILES string of the molecule is Cc1ccc(C)c(COCCOCCOCCO)c1C. The van der Waals surface area contributed by atoms with Crippen molar-refractivity contribution in [2.75, 3.05) is 39.6 Å². The van der Waals surface area contributed by atoms with Crippen molar-refractivity contribution in [1.29, 1.82) is 0 Å². The molecule has 0 amide bonds. The van der Waals surface area contributed by atoms with E-state index in [1.54, 1.807) is 0 Å². The van der Waals surface area contributed by atoms with Gasteiger partial charge in [0.15, 0.2) is 0 Å². The van der Waals surface area contributed by atoms with Gasteiger partial charge in [0.25, 0.3) is 0 Å². The van der Waals surface area contributed by atoms with Crippen LogP contribution in [-0.2, 0) is 20.8 Å². The molecule has 0 heterocycles. The van der Waals surface area contributed by atoms with Gasteiger partial charge in [-0.1, -0.05) is 12.1 Å². The maximum atomic E-state index is 8.53. The lowest BCUT2D eigenvalue weighted by atomic mass is 9.99. The van der Waals surface area contributed by atoms with Crippen LogP contribution in [0.5, 0.6) is 0 Å². The molecule has 0 radical (unpaired) electrons. The Kier molecular flexibility index (Phi) is 8.46. The van der Waals surface area contributed by atoms with Gasteiger partial charge < -0.3 is 19.3 Å². The third kappa shape index (κ3) is 6.01. The van der Waals surface area contributed by atoms with Gasteiger partial charge in [-0.3, -0.25) is 0 Å². The topological polar surface area (TPSA) is 47.9 Å². The van der Waals surface area contributed by atoms with Gasteiger partial charge in [0.2, 0.25) is 0 Å². The van der Waals surface area contributed by atoms with E-state index in [4.69, 9.17) is 19.3 Å². The first-order valence-corrected chi connectivity index (χ1v) is 7.06. The average molecular weight is 282 g/mol. The van der Waals surface area contributed by atoms with Gasteiger partial charge in [0.05, 0.1) is 46.2 Å². The average Bonchev–Trinajstić information content (AvgIpc) is 2.44. The van der Waals surface area contributed by atoms with E-state index in [1.165, 1.54) is 22.3 Å². The van der Waals surface area contributed by atoms with E-state index in [0.29, 0.717) is 39.6 Å². The molecule has 0 aliphatic rings. The third-order valence-corrected chi connectivity index (χ3v) is 3.33. The minimum absolute atomic E-state index is 0.0539. The molecule has 0 saturated heterocycles. The largest absolute Gasteiger partial charge is 0.394 e. The summed E-state index contributed by atoms with van der Waals surface area (Å²) >= 11 is 0. The highest BCUT2D eigenvalue weighted by atomic mass is 16.5. The van der Waals surface area contributed by atoms with Gasteiger partial charge in [-0.05, 0) is 43.0 Å². The zero-order valence-corrected chi connectivity index (χ0v) is 12.8. The number of hydrogen-bond acceptors (Lipinski definition) is 4. The van der Waals surface area contributed by atoms with Crippen LogP contribution >= 0.6 is 0 Å². The molecular weight excluding hydrogens is 256 g/mol. The van der Waals surface area contributed by atoms with Crippen LogP contribution < -0.4 is 0 Å². The Morgan fingerprint density at radius 3 is 2.00 bits per heavy atom. The Labute approximate surface area is 121 Å². The normalized spacial score (nSPS) is 11.0. The molecule has 0 spiro atoms. The van der Waals surface area contributed by atoms with Crippen molar-refractivity contribution in [3.8, 4) is 0 Å². The second-order valence-corrected chi connectivity index (χ2v) is 4.80. The van der Waals surface area contributed by atoms with Crippen LogP contribution in [0.25, 0.3) is 0 Å². The van der Waals surface area contributed by atoms with Gasteiger partial charge in [-0.25, -0.2) is 0 Å². The molecule has 0 aliphatic carbocycles. The Morgan fingerprint density at radius 2 is 1.35 bits per heavy atom. The van der Waals surface area contributed by atoms with Crippen LogP contribution in [0.3, 0.4) is 0 Å². The Morgan fingerprint density at radius 1 is 0.800 bits per heavy atom. The van der Waals surface area contributed by atoms with Crippen molar-refractivity contribution in [3.63, 3.8) is 0 Å². The van der Waals surface area contributed by atoms with Crippen molar-refractivity contribution >= 4 is 0 Å². The quantitative estimate of drug-likeness (QED) is 0.668. The molecular formula is C16H26O4. The fraction of sp³-hybridized carbons (Fsp3) is 0.625. The first-order chi connectivity index (χ1) is 9.66. The highest BCUT2D eigenvalue weighted by molar-refractivity contribution is 5.38. The van der Waals surface area contributed by atoms with E-state index in [9.17, 15) is 0 Å². The van der Waals surface area contributed by atoms with Crippen LogP contribution in [0.15, 0.2) is 12.1 Å². The molecule has 0 saturated carbocycles. The van der Waals surface area contributed by atoms with E-state index >= 15 is 0 Å². The Bertz CT molecular complexity index is 390. The fourth-order valence-corrected chi connectivity index (χ4v) is 1.91. The van der Waals surface area contributed by atoms with Crippen molar-refractivity contribution in [3.05, 3.63) is 34.4 Å². The summed E-state index contributed by atoms with van der Waals surface area (Å²) in [5, 5.41) is 8.53. The van der Waals surface area contributed by atoms with Crippen LogP contribution in [0.1, 0.15) is 22.3 Å². The van der Waals surface area contributed by atoms with Crippen molar-refractivity contribution < 1.29 is 19.3 Å². The number of aryl methyl sites for hydroxylation is 2. The summed E-state index contributed by atoms with van der Waals surface area (Å²) in [7, 11) is 0. The lowest BCUT2D eigenvalue weighted by Gasteiger charge is -2.13. The number of benzene rings is 1. The monoisotopic (exact) mass is 282 g/mol. The summed E-state index contributed by atoms with van der Waals surface area (Å²) in [5.41, 5.74) is 5.15. The molecule has 4 heteroatoms. The Hall–Kier alpha value is -0.940. The molecule has 114 valence electrons. The lowest BCUT2D eigenvalue weighted by Crippen LogP contribution is -2.11. The van der Waals surface area contributed by atoms with Crippen LogP contribution in [0.2, 0.25) is 0 Å². The van der Waals surface area contributed by atoms with Gasteiger partial charge in [0, 0.05) is 0 Å². The van der Waals surface area contributed by atoms with Crippen LogP contribution in [-0.4, -0.2) is 44.7 Å². The molecule has 0 bridgehead atoms. The van der Waals surface area contributed by atoms with Crippen molar-refractivity contribution in [1.82, 2.24) is 0 Å². The molecule has 0 unspecified atom stereocenters. The minimum atomic E-state index is 0.0539. The summed E-state index contributed by atoms with van der Waals surface area (Å²) in [6.45, 7) is 9.60. The van der Waals surface area contributed by atoms with Gasteiger partial charge in [0.1, 0.15) is 0 Å². The number of hydrogen-bond donors (Lipinski definition) is 1. The first kappa shape index (κ1) is 17.1. The second-order valence-electron chi connectivity index (χ2n) is 4.80. The minimum Gasteiger partial charge on any atom is -0.394 e. The fourth-order valence-electron chi connectivity index (χ4n) is 1.91. The standard InChI is InChI=1S/C16H26O4/c1-13-4-5-14(2)16(15(13)3)12-20-11-10-19-9-8-18-7-6-17/h4-5,17H,6-12H2,1-3H3. The molecule has 1 rings (SSSR count). The van der Waals surface area contributed by atoms with E-state index in [-0.39, 0.29) is 6.61 Å². The predicted octanol–water partition coefficient (Wildman–Crippen LogP) is 2.15. The molecule has 1 aromatic rings. The highest BCUT2D eigenvalue weighted by Gasteiger charge is 2.04. The molecule has 0 aromatic heterocycles. The molecule has 0 atom stereocenters. The van der Waals surface area contributed by atoms with E-state index < -0.39 is 0 Å². The maximum absolute atomic E-state index is 8.53. The molecule has 1 aromatic carbocycles. The van der Waals surface area contributed by atoms with Crippen LogP contribution in [0.4, 0.5) is 0 Å². The first-order valence-electron chi connectivity index (χ1n) is 7.06. The highest BCUT2D eigenvalue weighted by Crippen LogP contribution is 2.18. The third-order valence-electron chi connectivity index (χ3n) is 3.33. The second kappa shape index (κ2) is 9.88. The maximum Gasteiger partial charge on any atom is 0.0723 e. The summed E-state index contributed by atoms with van der Waals surface area (Å²) in [4.78, 5) is 0. The number of ether oxygens (including phenoxy) is 3. The van der Waals surface area contributed by atoms with Gasteiger partial charge in [-0.15, -0.1) is 0 Å². The van der Waals surface area contributed by atoms with E-state index in [0.717, 1.165) is 0 Å². The summed E-state index contributed by atoms with van der Waals surface area (Å²) < 4.78 is 16.1. The Balaban J connectivity index is 2.14. The molecule has 1 N–H and O–H groups in total. The molecule has 20 heavy (non-hydrogen) atoms. The van der Waals surface area contributed by atoms with E-state index in [2.05, 4.69) is 32.9 Å². The molecule has 4 nitrogen and oxygen atoms in total. The van der Waals surface area contributed by atoms with E-state index in [1.807, 2.05) is 0 Å². The summed E-state index contributed by atoms with van der Waals surface area (Å²) in [6, 6.07) is 4.28. The lowest BCUT2D eigenvalue weighted by molar-refractivity contribution is 0.00437. The molecule has 0 aliphatic heterocycles. The number of aliphatic hydroxyl groups excluding tert-OH is 1. The number of aliphatic hydroxyl groups is 1. The number of rotatable bonds is 10. The summed E-state index contributed by atoms with van der Waals surface area (Å²) in [5.74, 6) is 0. The zero-order valence-electron chi connectivity index (χ0n) is 12.8.